The van der Waals surface area contributed by atoms with Crippen molar-refractivity contribution in [2.24, 2.45) is 0 Å². The average molecular weight is 434 g/mol. The highest BCUT2D eigenvalue weighted by Gasteiger charge is 2.49. The predicted molar refractivity (Wildman–Crippen MR) is 95.5 cm³/mol. The van der Waals surface area contributed by atoms with Gasteiger partial charge in [-0.1, -0.05) is 0 Å². The summed E-state index contributed by atoms with van der Waals surface area (Å²) in [6.45, 7) is 0.536. The molecule has 1 aromatic heterocycles. The standard InChI is InChI=1S/C18H18F4N2O4S/c19-17-16-12-5-1-2-6-14(28-29(25,26)18(20,21)22)11(12)8-9-13(16)24(23-17)15-7-3-4-10-27-15/h6,8-9,15H,1-5,7,10H2. The molecule has 1 atom stereocenters. The topological polar surface area (TPSA) is 70.4 Å². The lowest BCUT2D eigenvalue weighted by Crippen LogP contribution is -2.25. The fraction of sp³-hybridized carbons (Fsp3) is 0.500. The highest BCUT2D eigenvalue weighted by Crippen LogP contribution is 2.38. The lowest BCUT2D eigenvalue weighted by Gasteiger charge is -2.23. The molecule has 2 aliphatic rings. The van der Waals surface area contributed by atoms with Crippen LogP contribution in [0.5, 0.6) is 0 Å². The van der Waals surface area contributed by atoms with Gasteiger partial charge in [-0.15, -0.1) is 5.10 Å². The number of rotatable bonds is 3. The molecular formula is C18H18F4N2O4S. The lowest BCUT2D eigenvalue weighted by atomic mass is 9.99. The molecule has 1 aromatic carbocycles. The minimum atomic E-state index is -5.83. The van der Waals surface area contributed by atoms with Gasteiger partial charge in [0, 0.05) is 12.2 Å². The first-order valence-corrected chi connectivity index (χ1v) is 10.6. The smallest absolute Gasteiger partial charge is 0.376 e. The molecule has 4 rings (SSSR count). The second-order valence-electron chi connectivity index (χ2n) is 6.99. The molecule has 1 unspecified atom stereocenters. The monoisotopic (exact) mass is 434 g/mol. The zero-order valence-electron chi connectivity index (χ0n) is 15.2. The van der Waals surface area contributed by atoms with Gasteiger partial charge >= 0.3 is 15.6 Å². The fourth-order valence-corrected chi connectivity index (χ4v) is 4.24. The molecule has 29 heavy (non-hydrogen) atoms. The van der Waals surface area contributed by atoms with E-state index in [4.69, 9.17) is 4.74 Å². The third-order valence-electron chi connectivity index (χ3n) is 5.08. The van der Waals surface area contributed by atoms with E-state index in [9.17, 15) is 26.0 Å². The molecule has 1 fully saturated rings. The van der Waals surface area contributed by atoms with Crippen molar-refractivity contribution in [1.82, 2.24) is 9.78 Å². The molecule has 0 N–H and O–H groups in total. The van der Waals surface area contributed by atoms with Crippen molar-refractivity contribution in [2.75, 3.05) is 6.61 Å². The Hall–Kier alpha value is -2.14. The molecule has 2 aromatic rings. The normalized spacial score (nSPS) is 20.8. The Bertz CT molecular complexity index is 1070. The molecule has 158 valence electrons. The molecule has 6 nitrogen and oxygen atoms in total. The Morgan fingerprint density at radius 3 is 2.69 bits per heavy atom. The summed E-state index contributed by atoms with van der Waals surface area (Å²) in [6.07, 6.45) is 4.49. The van der Waals surface area contributed by atoms with E-state index in [0.29, 0.717) is 43.4 Å². The molecule has 0 bridgehead atoms. The number of aryl methyl sites for hydroxylation is 1. The highest BCUT2D eigenvalue weighted by atomic mass is 32.2. The maximum Gasteiger partial charge on any atom is 0.534 e. The van der Waals surface area contributed by atoms with E-state index < -0.39 is 33.6 Å². The van der Waals surface area contributed by atoms with Crippen LogP contribution in [0, 0.1) is 5.95 Å². The summed E-state index contributed by atoms with van der Waals surface area (Å²) in [4.78, 5) is 0. The molecule has 0 saturated carbocycles. The van der Waals surface area contributed by atoms with Crippen molar-refractivity contribution < 1.29 is 34.9 Å². The second kappa shape index (κ2) is 7.28. The number of benzene rings is 1. The second-order valence-corrected chi connectivity index (χ2v) is 8.52. The molecule has 1 aliphatic carbocycles. The molecule has 11 heteroatoms. The van der Waals surface area contributed by atoms with E-state index in [2.05, 4.69) is 9.28 Å². The minimum absolute atomic E-state index is 0.117. The van der Waals surface area contributed by atoms with Crippen molar-refractivity contribution in [3.8, 4) is 0 Å². The van der Waals surface area contributed by atoms with Crippen molar-refractivity contribution in [1.29, 1.82) is 0 Å². The Morgan fingerprint density at radius 2 is 2.00 bits per heavy atom. The maximum atomic E-state index is 14.8. The number of alkyl halides is 3. The van der Waals surface area contributed by atoms with Gasteiger partial charge in [0.2, 0.25) is 5.95 Å². The fourth-order valence-electron chi connectivity index (χ4n) is 3.75. The number of hydrogen-bond acceptors (Lipinski definition) is 5. The van der Waals surface area contributed by atoms with Gasteiger partial charge in [0.25, 0.3) is 0 Å². The molecular weight excluding hydrogens is 416 g/mol. The zero-order chi connectivity index (χ0) is 20.8. The summed E-state index contributed by atoms with van der Waals surface area (Å²) in [5.41, 5.74) is -4.61. The molecule has 0 amide bonds. The van der Waals surface area contributed by atoms with Gasteiger partial charge in [0.1, 0.15) is 5.76 Å². The first-order valence-electron chi connectivity index (χ1n) is 9.21. The van der Waals surface area contributed by atoms with Gasteiger partial charge in [-0.25, -0.2) is 4.68 Å². The van der Waals surface area contributed by atoms with Crippen LogP contribution in [0.25, 0.3) is 16.7 Å². The number of hydrogen-bond donors (Lipinski definition) is 0. The number of allylic oxidation sites excluding steroid dienone is 1. The number of halogens is 4. The Labute approximate surface area is 164 Å². The van der Waals surface area contributed by atoms with Gasteiger partial charge in [-0.2, -0.15) is 26.0 Å². The van der Waals surface area contributed by atoms with E-state index in [0.717, 1.165) is 12.8 Å². The molecule has 1 aliphatic heterocycles. The van der Waals surface area contributed by atoms with Crippen LogP contribution in [-0.2, 0) is 25.5 Å². The maximum absolute atomic E-state index is 14.8. The highest BCUT2D eigenvalue weighted by molar-refractivity contribution is 7.87. The van der Waals surface area contributed by atoms with Crippen LogP contribution in [0.15, 0.2) is 18.2 Å². The van der Waals surface area contributed by atoms with Gasteiger partial charge in [-0.3, -0.25) is 0 Å². The first-order chi connectivity index (χ1) is 13.7. The summed E-state index contributed by atoms with van der Waals surface area (Å²) < 4.78 is 87.6. The molecule has 1 saturated heterocycles. The lowest BCUT2D eigenvalue weighted by molar-refractivity contribution is -0.0509. The molecule has 0 spiro atoms. The largest absolute Gasteiger partial charge is 0.534 e. The Balaban J connectivity index is 1.81. The Kier molecular flexibility index (Phi) is 5.06. The van der Waals surface area contributed by atoms with Gasteiger partial charge < -0.3 is 8.92 Å². The van der Waals surface area contributed by atoms with Gasteiger partial charge in [-0.05, 0) is 62.3 Å². The van der Waals surface area contributed by atoms with Crippen molar-refractivity contribution >= 4 is 26.8 Å². The van der Waals surface area contributed by atoms with Crippen molar-refractivity contribution in [3.05, 3.63) is 35.3 Å². The van der Waals surface area contributed by atoms with E-state index in [-0.39, 0.29) is 10.9 Å². The van der Waals surface area contributed by atoms with Gasteiger partial charge in [0.05, 0.1) is 10.9 Å². The third kappa shape index (κ3) is 3.61. The van der Waals surface area contributed by atoms with Crippen LogP contribution < -0.4 is 0 Å². The van der Waals surface area contributed by atoms with Crippen LogP contribution in [0.1, 0.15) is 49.5 Å². The van der Waals surface area contributed by atoms with E-state index in [1.165, 1.54) is 22.9 Å². The minimum Gasteiger partial charge on any atom is -0.376 e. The number of ether oxygens (including phenoxy) is 1. The van der Waals surface area contributed by atoms with Crippen LogP contribution in [-0.4, -0.2) is 30.3 Å². The number of aromatic nitrogens is 2. The van der Waals surface area contributed by atoms with E-state index in [1.807, 2.05) is 0 Å². The van der Waals surface area contributed by atoms with Gasteiger partial charge in [0.15, 0.2) is 6.23 Å². The van der Waals surface area contributed by atoms with Crippen LogP contribution in [0.2, 0.25) is 0 Å². The number of fused-ring (bicyclic) bond motifs is 3. The summed E-state index contributed by atoms with van der Waals surface area (Å²) >= 11 is 0. The summed E-state index contributed by atoms with van der Waals surface area (Å²) in [5.74, 6) is -1.22. The molecule has 2 heterocycles. The van der Waals surface area contributed by atoms with Crippen molar-refractivity contribution in [2.45, 2.75) is 50.3 Å². The average Bonchev–Trinajstić information content (AvgIpc) is 2.87. The van der Waals surface area contributed by atoms with Crippen molar-refractivity contribution in [3.63, 3.8) is 0 Å². The zero-order valence-corrected chi connectivity index (χ0v) is 16.0. The van der Waals surface area contributed by atoms with E-state index >= 15 is 0 Å². The summed E-state index contributed by atoms with van der Waals surface area (Å²) in [7, 11) is -5.83. The third-order valence-corrected chi connectivity index (χ3v) is 6.04. The number of nitrogens with zero attached hydrogens (tertiary/aromatic N) is 2. The summed E-state index contributed by atoms with van der Waals surface area (Å²) in [5, 5.41) is 4.11. The predicted octanol–water partition coefficient (Wildman–Crippen LogP) is 4.42. The Morgan fingerprint density at radius 1 is 1.21 bits per heavy atom. The SMILES string of the molecule is O=S(=O)(OC1=CCCCc2c1ccc1c2c(F)nn1C1CCCCO1)C(F)(F)F. The quantitative estimate of drug-likeness (QED) is 0.406. The van der Waals surface area contributed by atoms with E-state index in [1.54, 1.807) is 0 Å². The van der Waals surface area contributed by atoms with Crippen LogP contribution in [0.4, 0.5) is 17.6 Å². The molecule has 0 radical (unpaired) electrons. The first kappa shape index (κ1) is 20.1. The van der Waals surface area contributed by atoms with Crippen LogP contribution >= 0.6 is 0 Å². The van der Waals surface area contributed by atoms with Crippen LogP contribution in [0.3, 0.4) is 0 Å². The summed E-state index contributed by atoms with van der Waals surface area (Å²) in [6, 6.07) is 2.95.